The Balaban J connectivity index is 1.51. The van der Waals surface area contributed by atoms with Crippen LogP contribution >= 0.6 is 11.3 Å². The molecule has 0 radical (unpaired) electrons. The Morgan fingerprint density at radius 1 is 1.13 bits per heavy atom. The molecule has 2 amide bonds. The molecule has 3 rings (SSSR count). The molecule has 0 saturated heterocycles. The van der Waals surface area contributed by atoms with Gasteiger partial charge < -0.3 is 16.0 Å². The normalized spacial score (nSPS) is 10.4. The van der Waals surface area contributed by atoms with E-state index in [0.717, 1.165) is 16.8 Å². The number of nitrogens with one attached hydrogen (secondary N) is 3. The lowest BCUT2D eigenvalue weighted by Crippen LogP contribution is -2.18. The van der Waals surface area contributed by atoms with Gasteiger partial charge in [0.25, 0.3) is 5.69 Å². The van der Waals surface area contributed by atoms with Crippen molar-refractivity contribution in [1.29, 1.82) is 0 Å². The first-order valence-electron chi connectivity index (χ1n) is 9.49. The van der Waals surface area contributed by atoms with Crippen molar-refractivity contribution in [1.82, 2.24) is 10.3 Å². The van der Waals surface area contributed by atoms with Crippen LogP contribution in [0.5, 0.6) is 0 Å². The van der Waals surface area contributed by atoms with Crippen molar-refractivity contribution in [3.05, 3.63) is 69.6 Å². The van der Waals surface area contributed by atoms with Gasteiger partial charge in [0.2, 0.25) is 11.8 Å². The number of nitro benzene ring substituents is 1. The van der Waals surface area contributed by atoms with Crippen molar-refractivity contribution < 1.29 is 14.5 Å². The van der Waals surface area contributed by atoms with Crippen molar-refractivity contribution in [3.63, 3.8) is 0 Å². The molecule has 0 aliphatic carbocycles. The number of hydrogen-bond acceptors (Lipinski definition) is 7. The molecule has 31 heavy (non-hydrogen) atoms. The summed E-state index contributed by atoms with van der Waals surface area (Å²) in [5.74, 6) is -0.321. The van der Waals surface area contributed by atoms with Crippen molar-refractivity contribution in [2.45, 2.75) is 19.9 Å². The summed E-state index contributed by atoms with van der Waals surface area (Å²) in [6.45, 7) is 2.19. The van der Waals surface area contributed by atoms with Gasteiger partial charge in [0.15, 0.2) is 5.13 Å². The first-order valence-corrected chi connectivity index (χ1v) is 10.4. The van der Waals surface area contributed by atoms with Crippen molar-refractivity contribution in [2.24, 2.45) is 0 Å². The number of carbonyl (C=O) groups is 2. The Bertz CT molecular complexity index is 1080. The van der Waals surface area contributed by atoms with Gasteiger partial charge in [-0.15, -0.1) is 11.3 Å². The number of rotatable bonds is 9. The fraction of sp³-hybridized carbons (Fsp3) is 0.190. The van der Waals surface area contributed by atoms with E-state index in [-0.39, 0.29) is 30.5 Å². The number of nitro groups is 1. The van der Waals surface area contributed by atoms with Crippen LogP contribution < -0.4 is 16.0 Å². The Morgan fingerprint density at radius 2 is 1.87 bits per heavy atom. The zero-order chi connectivity index (χ0) is 22.2. The molecule has 0 aliphatic heterocycles. The third kappa shape index (κ3) is 6.34. The molecule has 1 aromatic heterocycles. The van der Waals surface area contributed by atoms with E-state index in [1.807, 2.05) is 29.6 Å². The summed E-state index contributed by atoms with van der Waals surface area (Å²) in [5, 5.41) is 21.8. The summed E-state index contributed by atoms with van der Waals surface area (Å²) < 4.78 is 0. The average Bonchev–Trinajstić information content (AvgIpc) is 3.21. The second kappa shape index (κ2) is 10.3. The minimum Gasteiger partial charge on any atom is -0.379 e. The molecule has 0 fully saturated rings. The molecule has 0 saturated carbocycles. The number of nitrogens with zero attached hydrogens (tertiary/aromatic N) is 2. The summed E-state index contributed by atoms with van der Waals surface area (Å²) >= 11 is 1.32. The summed E-state index contributed by atoms with van der Waals surface area (Å²) in [6.07, 6.45) is 0.138. The fourth-order valence-electron chi connectivity index (χ4n) is 2.76. The topological polar surface area (TPSA) is 126 Å². The second-order valence-corrected chi connectivity index (χ2v) is 7.50. The van der Waals surface area contributed by atoms with E-state index in [0.29, 0.717) is 17.4 Å². The molecular formula is C21H21N5O4S. The van der Waals surface area contributed by atoms with Crippen LogP contribution in [0.15, 0.2) is 53.9 Å². The van der Waals surface area contributed by atoms with Crippen molar-refractivity contribution >= 4 is 39.7 Å². The van der Waals surface area contributed by atoms with Gasteiger partial charge in [0.05, 0.1) is 10.6 Å². The largest absolute Gasteiger partial charge is 0.379 e. The maximum Gasteiger partial charge on any atom is 0.292 e. The van der Waals surface area contributed by atoms with Crippen molar-refractivity contribution in [3.8, 4) is 11.3 Å². The monoisotopic (exact) mass is 439 g/mol. The third-order valence-electron chi connectivity index (χ3n) is 4.31. The highest BCUT2D eigenvalue weighted by molar-refractivity contribution is 7.14. The van der Waals surface area contributed by atoms with Crippen LogP contribution in [-0.2, 0) is 16.1 Å². The number of aromatic nitrogens is 1. The average molecular weight is 439 g/mol. The van der Waals surface area contributed by atoms with Gasteiger partial charge in [-0.1, -0.05) is 36.4 Å². The molecule has 1 heterocycles. The standard InChI is InChI=1S/C21H21N5O4S/c1-14(27)23-12-15-6-8-16(9-7-15)18-13-31-21(24-18)25-20(28)10-11-22-17-4-2-3-5-19(17)26(29)30/h2-9,13,22H,10-12H2,1H3,(H,23,27)(H,24,25,28). The van der Waals surface area contributed by atoms with Gasteiger partial charge in [0.1, 0.15) is 5.69 Å². The molecule has 0 aliphatic rings. The van der Waals surface area contributed by atoms with Gasteiger partial charge >= 0.3 is 0 Å². The minimum atomic E-state index is -0.466. The van der Waals surface area contributed by atoms with E-state index < -0.39 is 4.92 Å². The van der Waals surface area contributed by atoms with Crippen LogP contribution in [0.3, 0.4) is 0 Å². The number of benzene rings is 2. The number of carbonyl (C=O) groups excluding carboxylic acids is 2. The smallest absolute Gasteiger partial charge is 0.292 e. The predicted octanol–water partition coefficient (Wildman–Crippen LogP) is 3.80. The first kappa shape index (κ1) is 21.9. The molecule has 10 heteroatoms. The number of amides is 2. The molecule has 2 aromatic carbocycles. The molecule has 0 spiro atoms. The molecule has 3 aromatic rings. The highest BCUT2D eigenvalue weighted by Crippen LogP contribution is 2.26. The lowest BCUT2D eigenvalue weighted by Gasteiger charge is -2.06. The van der Waals surface area contributed by atoms with Crippen molar-refractivity contribution in [2.75, 3.05) is 17.2 Å². The van der Waals surface area contributed by atoms with Gasteiger partial charge in [-0.05, 0) is 11.6 Å². The van der Waals surface area contributed by atoms with Crippen LogP contribution in [0.1, 0.15) is 18.9 Å². The minimum absolute atomic E-state index is 0.0319. The molecule has 9 nitrogen and oxygen atoms in total. The maximum atomic E-state index is 12.2. The van der Waals surface area contributed by atoms with E-state index in [1.54, 1.807) is 18.2 Å². The van der Waals surface area contributed by atoms with E-state index in [4.69, 9.17) is 0 Å². The van der Waals surface area contributed by atoms with Crippen LogP contribution in [0.2, 0.25) is 0 Å². The van der Waals surface area contributed by atoms with E-state index >= 15 is 0 Å². The van der Waals surface area contributed by atoms with Crippen LogP contribution in [-0.4, -0.2) is 28.3 Å². The SMILES string of the molecule is CC(=O)NCc1ccc(-c2csc(NC(=O)CCNc3ccccc3[N+](=O)[O-])n2)cc1. The van der Waals surface area contributed by atoms with Crippen LogP contribution in [0, 0.1) is 10.1 Å². The Kier molecular flexibility index (Phi) is 7.28. The van der Waals surface area contributed by atoms with Gasteiger partial charge in [-0.25, -0.2) is 4.98 Å². The Morgan fingerprint density at radius 3 is 2.58 bits per heavy atom. The fourth-order valence-corrected chi connectivity index (χ4v) is 3.49. The van der Waals surface area contributed by atoms with E-state index in [1.165, 1.54) is 24.3 Å². The molecule has 3 N–H and O–H groups in total. The van der Waals surface area contributed by atoms with E-state index in [2.05, 4.69) is 20.9 Å². The zero-order valence-electron chi connectivity index (χ0n) is 16.8. The number of hydrogen-bond donors (Lipinski definition) is 3. The van der Waals surface area contributed by atoms with Gasteiger partial charge in [-0.3, -0.25) is 19.7 Å². The Hall–Kier alpha value is -3.79. The summed E-state index contributed by atoms with van der Waals surface area (Å²) in [6, 6.07) is 13.9. The molecule has 0 atom stereocenters. The summed E-state index contributed by atoms with van der Waals surface area (Å²) in [4.78, 5) is 38.2. The number of thiazole rings is 1. The second-order valence-electron chi connectivity index (χ2n) is 6.64. The predicted molar refractivity (Wildman–Crippen MR) is 120 cm³/mol. The third-order valence-corrected chi connectivity index (χ3v) is 5.07. The molecular weight excluding hydrogens is 418 g/mol. The number of anilines is 2. The lowest BCUT2D eigenvalue weighted by atomic mass is 10.1. The quantitative estimate of drug-likeness (QED) is 0.344. The highest BCUT2D eigenvalue weighted by atomic mass is 32.1. The lowest BCUT2D eigenvalue weighted by molar-refractivity contribution is -0.384. The van der Waals surface area contributed by atoms with Crippen LogP contribution in [0.4, 0.5) is 16.5 Å². The van der Waals surface area contributed by atoms with Crippen LogP contribution in [0.25, 0.3) is 11.3 Å². The number of para-hydroxylation sites is 2. The molecule has 160 valence electrons. The molecule has 0 bridgehead atoms. The maximum absolute atomic E-state index is 12.2. The zero-order valence-corrected chi connectivity index (χ0v) is 17.6. The summed E-state index contributed by atoms with van der Waals surface area (Å²) in [7, 11) is 0. The van der Waals surface area contributed by atoms with Gasteiger partial charge in [-0.2, -0.15) is 0 Å². The van der Waals surface area contributed by atoms with Gasteiger partial charge in [0, 0.05) is 43.4 Å². The summed E-state index contributed by atoms with van der Waals surface area (Å²) in [5.41, 5.74) is 2.97. The molecule has 0 unspecified atom stereocenters. The Labute approximate surface area is 182 Å². The van der Waals surface area contributed by atoms with E-state index in [9.17, 15) is 19.7 Å². The highest BCUT2D eigenvalue weighted by Gasteiger charge is 2.13. The first-order chi connectivity index (χ1) is 14.9.